The average Bonchev–Trinajstić information content (AvgIpc) is 3.39. The molecule has 4 bridgehead atoms. The minimum atomic E-state index is 0.466. The third-order valence-corrected chi connectivity index (χ3v) is 10.4. The molecule has 1 N–H and O–H groups in total. The number of hydrogen-bond donors (Lipinski definition) is 1. The first-order valence-corrected chi connectivity index (χ1v) is 12.7. The molecule has 0 aliphatic heterocycles. The molecule has 0 saturated heterocycles. The number of rotatable bonds is 5. The Morgan fingerprint density at radius 1 is 0.778 bits per heavy atom. The molecule has 0 amide bonds. The molecule has 140 valence electrons. The van der Waals surface area contributed by atoms with Crippen LogP contribution < -0.4 is 5.32 Å². The standard InChI is InChI=1S/C23H25NS3/c1-2-19(25-7-1)20-5-6-22(27-20)21-4-3-18(26-21)14-24-23-11-15-8-16(12-23)10-17(9-15)13-23/h1-7,15-17,24H,8-14H2. The van der Waals surface area contributed by atoms with Gasteiger partial charge in [0.2, 0.25) is 0 Å². The fourth-order valence-electron chi connectivity index (χ4n) is 6.23. The SMILES string of the molecule is c1csc(-c2ccc(-c3ccc(CNC45CC6CC(CC(C6)C4)C5)s3)s2)c1. The van der Waals surface area contributed by atoms with E-state index >= 15 is 0 Å². The highest BCUT2D eigenvalue weighted by molar-refractivity contribution is 7.26. The number of thiophene rings is 3. The summed E-state index contributed by atoms with van der Waals surface area (Å²) in [6.07, 6.45) is 8.88. The highest BCUT2D eigenvalue weighted by Gasteiger charge is 2.50. The van der Waals surface area contributed by atoms with Gasteiger partial charge in [-0.1, -0.05) is 6.07 Å². The van der Waals surface area contributed by atoms with Crippen LogP contribution in [0, 0.1) is 17.8 Å². The van der Waals surface area contributed by atoms with Gasteiger partial charge in [-0.3, -0.25) is 0 Å². The van der Waals surface area contributed by atoms with Crippen LogP contribution in [0.4, 0.5) is 0 Å². The molecule has 0 spiro atoms. The normalized spacial score (nSPS) is 31.6. The molecule has 4 aliphatic carbocycles. The van der Waals surface area contributed by atoms with Crippen molar-refractivity contribution in [2.45, 2.75) is 50.6 Å². The van der Waals surface area contributed by atoms with Crippen molar-refractivity contribution in [1.29, 1.82) is 0 Å². The van der Waals surface area contributed by atoms with Crippen molar-refractivity contribution in [2.75, 3.05) is 0 Å². The van der Waals surface area contributed by atoms with Crippen molar-refractivity contribution < 1.29 is 0 Å². The van der Waals surface area contributed by atoms with Crippen molar-refractivity contribution in [3.63, 3.8) is 0 Å². The molecule has 4 aliphatic rings. The van der Waals surface area contributed by atoms with E-state index in [4.69, 9.17) is 0 Å². The zero-order chi connectivity index (χ0) is 17.8. The Morgan fingerprint density at radius 3 is 2.07 bits per heavy atom. The van der Waals surface area contributed by atoms with Gasteiger partial charge < -0.3 is 5.32 Å². The van der Waals surface area contributed by atoms with Crippen LogP contribution in [0.25, 0.3) is 19.5 Å². The molecular weight excluding hydrogens is 386 g/mol. The summed E-state index contributed by atoms with van der Waals surface area (Å²) in [5.41, 5.74) is 0.466. The summed E-state index contributed by atoms with van der Waals surface area (Å²) in [6.45, 7) is 1.06. The summed E-state index contributed by atoms with van der Waals surface area (Å²) in [4.78, 5) is 7.09. The molecule has 0 radical (unpaired) electrons. The molecule has 3 aromatic heterocycles. The van der Waals surface area contributed by atoms with Gasteiger partial charge in [0.1, 0.15) is 0 Å². The van der Waals surface area contributed by atoms with Crippen LogP contribution in [0.1, 0.15) is 43.4 Å². The first-order valence-electron chi connectivity index (χ1n) is 10.2. The van der Waals surface area contributed by atoms with E-state index in [1.54, 1.807) is 0 Å². The van der Waals surface area contributed by atoms with Gasteiger partial charge in [0, 0.05) is 36.5 Å². The molecule has 4 fully saturated rings. The molecular formula is C23H25NS3. The van der Waals surface area contributed by atoms with Gasteiger partial charge in [-0.15, -0.1) is 34.0 Å². The highest BCUT2D eigenvalue weighted by atomic mass is 32.1. The summed E-state index contributed by atoms with van der Waals surface area (Å²) >= 11 is 5.73. The summed E-state index contributed by atoms with van der Waals surface area (Å²) < 4.78 is 0. The van der Waals surface area contributed by atoms with Gasteiger partial charge >= 0.3 is 0 Å². The van der Waals surface area contributed by atoms with E-state index in [-0.39, 0.29) is 0 Å². The smallest absolute Gasteiger partial charge is 0.0449 e. The first kappa shape index (κ1) is 17.0. The maximum atomic E-state index is 4.05. The van der Waals surface area contributed by atoms with E-state index in [1.807, 2.05) is 34.0 Å². The minimum absolute atomic E-state index is 0.466. The van der Waals surface area contributed by atoms with E-state index < -0.39 is 0 Å². The Kier molecular flexibility index (Phi) is 4.12. The van der Waals surface area contributed by atoms with Crippen molar-refractivity contribution in [3.05, 3.63) is 46.7 Å². The van der Waals surface area contributed by atoms with Crippen LogP contribution in [0.15, 0.2) is 41.8 Å². The largest absolute Gasteiger partial charge is 0.306 e. The Hall–Kier alpha value is -0.940. The molecule has 4 saturated carbocycles. The zero-order valence-electron chi connectivity index (χ0n) is 15.4. The number of hydrogen-bond acceptors (Lipinski definition) is 4. The summed E-state index contributed by atoms with van der Waals surface area (Å²) in [6, 6.07) is 13.6. The second kappa shape index (κ2) is 6.55. The topological polar surface area (TPSA) is 12.0 Å². The molecule has 0 atom stereocenters. The van der Waals surface area contributed by atoms with Crippen molar-refractivity contribution in [1.82, 2.24) is 5.32 Å². The molecule has 7 rings (SSSR count). The van der Waals surface area contributed by atoms with Gasteiger partial charge in [0.15, 0.2) is 0 Å². The molecule has 27 heavy (non-hydrogen) atoms. The van der Waals surface area contributed by atoms with Crippen LogP contribution in [0.3, 0.4) is 0 Å². The summed E-state index contributed by atoms with van der Waals surface area (Å²) in [7, 11) is 0. The molecule has 0 unspecified atom stereocenters. The molecule has 3 heterocycles. The maximum Gasteiger partial charge on any atom is 0.0449 e. The quantitative estimate of drug-likeness (QED) is 0.466. The van der Waals surface area contributed by atoms with E-state index in [0.717, 1.165) is 24.3 Å². The van der Waals surface area contributed by atoms with E-state index in [9.17, 15) is 0 Å². The third-order valence-electron chi connectivity index (χ3n) is 6.95. The van der Waals surface area contributed by atoms with Crippen molar-refractivity contribution >= 4 is 34.0 Å². The lowest BCUT2D eigenvalue weighted by Gasteiger charge is -2.57. The van der Waals surface area contributed by atoms with E-state index in [0.29, 0.717) is 5.54 Å². The predicted molar refractivity (Wildman–Crippen MR) is 119 cm³/mol. The van der Waals surface area contributed by atoms with Crippen LogP contribution in [0.5, 0.6) is 0 Å². The van der Waals surface area contributed by atoms with Crippen LogP contribution >= 0.6 is 34.0 Å². The highest BCUT2D eigenvalue weighted by Crippen LogP contribution is 2.55. The molecule has 4 heteroatoms. The van der Waals surface area contributed by atoms with Crippen LogP contribution in [0.2, 0.25) is 0 Å². The van der Waals surface area contributed by atoms with Gasteiger partial charge in [0.25, 0.3) is 0 Å². The Labute approximate surface area is 173 Å². The van der Waals surface area contributed by atoms with Gasteiger partial charge in [-0.25, -0.2) is 0 Å². The Morgan fingerprint density at radius 2 is 1.41 bits per heavy atom. The van der Waals surface area contributed by atoms with Gasteiger partial charge in [0.05, 0.1) is 0 Å². The van der Waals surface area contributed by atoms with E-state index in [1.165, 1.54) is 62.9 Å². The van der Waals surface area contributed by atoms with Crippen molar-refractivity contribution in [3.8, 4) is 19.5 Å². The Balaban J connectivity index is 1.16. The lowest BCUT2D eigenvalue weighted by atomic mass is 9.53. The monoisotopic (exact) mass is 411 g/mol. The molecule has 0 aromatic carbocycles. The fourth-order valence-corrected chi connectivity index (χ4v) is 9.11. The van der Waals surface area contributed by atoms with Crippen molar-refractivity contribution in [2.24, 2.45) is 17.8 Å². The zero-order valence-corrected chi connectivity index (χ0v) is 17.9. The molecule has 3 aromatic rings. The van der Waals surface area contributed by atoms with E-state index in [2.05, 4.69) is 47.1 Å². The lowest BCUT2D eigenvalue weighted by molar-refractivity contribution is -0.0204. The van der Waals surface area contributed by atoms with Gasteiger partial charge in [-0.2, -0.15) is 0 Å². The van der Waals surface area contributed by atoms with Crippen LogP contribution in [-0.4, -0.2) is 5.54 Å². The molecule has 1 nitrogen and oxygen atoms in total. The number of nitrogens with one attached hydrogen (secondary N) is 1. The third kappa shape index (κ3) is 3.15. The summed E-state index contributed by atoms with van der Waals surface area (Å²) in [5, 5.41) is 6.21. The lowest BCUT2D eigenvalue weighted by Crippen LogP contribution is -2.58. The maximum absolute atomic E-state index is 4.05. The fraction of sp³-hybridized carbons (Fsp3) is 0.478. The summed E-state index contributed by atoms with van der Waals surface area (Å²) in [5.74, 6) is 3.05. The second-order valence-electron chi connectivity index (χ2n) is 8.96. The van der Waals surface area contributed by atoms with Gasteiger partial charge in [-0.05, 0) is 92.0 Å². The minimum Gasteiger partial charge on any atom is -0.306 e. The Bertz CT molecular complexity index is 897. The van der Waals surface area contributed by atoms with Crippen LogP contribution in [-0.2, 0) is 6.54 Å². The average molecular weight is 412 g/mol. The predicted octanol–water partition coefficient (Wildman–Crippen LogP) is 7.26. The first-order chi connectivity index (χ1) is 13.2. The second-order valence-corrected chi connectivity index (χ2v) is 12.2.